The lowest BCUT2D eigenvalue weighted by molar-refractivity contribution is -0.144. The Labute approximate surface area is 172 Å². The molecule has 3 fully saturated rings. The van der Waals surface area contributed by atoms with Crippen LogP contribution in [0.2, 0.25) is 0 Å². The highest BCUT2D eigenvalue weighted by Crippen LogP contribution is 2.53. The van der Waals surface area contributed by atoms with Crippen LogP contribution in [0.25, 0.3) is 17.3 Å². The van der Waals surface area contributed by atoms with E-state index in [2.05, 4.69) is 41.2 Å². The summed E-state index contributed by atoms with van der Waals surface area (Å²) in [6, 6.07) is 10.0. The zero-order valence-corrected chi connectivity index (χ0v) is 16.9. The molecule has 4 heteroatoms. The molecule has 2 saturated carbocycles. The summed E-state index contributed by atoms with van der Waals surface area (Å²) in [5.41, 5.74) is 2.92. The average Bonchev–Trinajstić information content (AvgIpc) is 3.05. The van der Waals surface area contributed by atoms with Gasteiger partial charge in [0.25, 0.3) is 0 Å². The summed E-state index contributed by atoms with van der Waals surface area (Å²) in [5, 5.41) is 0. The summed E-state index contributed by atoms with van der Waals surface area (Å²) in [4.78, 5) is 21.4. The lowest BCUT2D eigenvalue weighted by Gasteiger charge is -2.45. The fraction of sp³-hybridized carbons (Fsp3) is 0.480. The van der Waals surface area contributed by atoms with Crippen LogP contribution in [0.4, 0.5) is 0 Å². The minimum atomic E-state index is 0.0181. The molecular formula is C25H28N2O2. The van der Waals surface area contributed by atoms with Gasteiger partial charge in [0.2, 0.25) is 0 Å². The summed E-state index contributed by atoms with van der Waals surface area (Å²) in [6.07, 6.45) is 14.4. The van der Waals surface area contributed by atoms with Crippen molar-refractivity contribution in [2.75, 3.05) is 0 Å². The number of carbonyl (C=O) groups excluding carboxylic acids is 1. The molecule has 6 atom stereocenters. The number of cyclic esters (lactones) is 1. The van der Waals surface area contributed by atoms with E-state index in [1.54, 1.807) is 6.20 Å². The number of esters is 1. The molecule has 3 aliphatic rings. The first-order valence-corrected chi connectivity index (χ1v) is 11.0. The number of allylic oxidation sites excluding steroid dienone is 1. The van der Waals surface area contributed by atoms with Crippen LogP contribution >= 0.6 is 0 Å². The van der Waals surface area contributed by atoms with Crippen molar-refractivity contribution in [1.29, 1.82) is 0 Å². The Hall–Kier alpha value is -2.49. The van der Waals surface area contributed by atoms with Crippen molar-refractivity contribution in [3.8, 4) is 11.3 Å². The summed E-state index contributed by atoms with van der Waals surface area (Å²) < 4.78 is 5.67. The van der Waals surface area contributed by atoms with E-state index in [1.807, 2.05) is 24.4 Å². The van der Waals surface area contributed by atoms with Crippen molar-refractivity contribution in [3.05, 3.63) is 54.5 Å². The van der Waals surface area contributed by atoms with Gasteiger partial charge in [0.15, 0.2) is 0 Å². The van der Waals surface area contributed by atoms with E-state index in [-0.39, 0.29) is 18.0 Å². The first kappa shape index (κ1) is 18.5. The standard InChI is InChI=1S/C25H28N2O2/c1-16-24-21(20-7-3-2-6-17(20)14-22(24)25(28)29-16)12-11-19-10-9-18(15-27-19)23-8-4-5-13-26-23/h4-5,8-13,15-17,20-22,24H,2-3,6-7,14H2,1H3/b12-11+/t16-,17+,20?,21+,22-,24+/m1/s1. The molecule has 0 bridgehead atoms. The minimum absolute atomic E-state index is 0.0181. The molecule has 0 N–H and O–H groups in total. The van der Waals surface area contributed by atoms with Gasteiger partial charge in [0.05, 0.1) is 17.3 Å². The van der Waals surface area contributed by atoms with Crippen molar-refractivity contribution in [2.45, 2.75) is 45.1 Å². The molecule has 0 radical (unpaired) electrons. The highest BCUT2D eigenvalue weighted by atomic mass is 16.6. The van der Waals surface area contributed by atoms with E-state index in [0.29, 0.717) is 23.7 Å². The molecule has 2 aliphatic carbocycles. The van der Waals surface area contributed by atoms with E-state index in [9.17, 15) is 4.79 Å². The predicted molar refractivity (Wildman–Crippen MR) is 113 cm³/mol. The molecule has 0 aromatic carbocycles. The molecule has 0 amide bonds. The van der Waals surface area contributed by atoms with Crippen molar-refractivity contribution in [3.63, 3.8) is 0 Å². The highest BCUT2D eigenvalue weighted by Gasteiger charge is 2.53. The van der Waals surface area contributed by atoms with Crippen LogP contribution in [0, 0.1) is 29.6 Å². The summed E-state index contributed by atoms with van der Waals surface area (Å²) >= 11 is 0. The smallest absolute Gasteiger partial charge is 0.309 e. The average molecular weight is 389 g/mol. The van der Waals surface area contributed by atoms with E-state index in [4.69, 9.17) is 4.74 Å². The topological polar surface area (TPSA) is 52.1 Å². The second-order valence-electron chi connectivity index (χ2n) is 8.89. The van der Waals surface area contributed by atoms with E-state index < -0.39 is 0 Å². The molecule has 1 saturated heterocycles. The van der Waals surface area contributed by atoms with Crippen LogP contribution in [0.5, 0.6) is 0 Å². The molecule has 0 spiro atoms. The molecule has 2 aromatic rings. The maximum atomic E-state index is 12.4. The Kier molecular flexibility index (Phi) is 4.94. The number of ether oxygens (including phenoxy) is 1. The third-order valence-electron chi connectivity index (χ3n) is 7.31. The first-order chi connectivity index (χ1) is 14.2. The van der Waals surface area contributed by atoms with E-state index in [1.165, 1.54) is 25.7 Å². The Morgan fingerprint density at radius 3 is 2.79 bits per heavy atom. The second kappa shape index (κ2) is 7.74. The summed E-state index contributed by atoms with van der Waals surface area (Å²) in [6.45, 7) is 2.08. The first-order valence-electron chi connectivity index (χ1n) is 11.0. The van der Waals surface area contributed by atoms with Crippen molar-refractivity contribution < 1.29 is 9.53 Å². The van der Waals surface area contributed by atoms with Crippen LogP contribution in [0.1, 0.15) is 44.7 Å². The molecule has 29 heavy (non-hydrogen) atoms. The number of hydrogen-bond donors (Lipinski definition) is 0. The minimum Gasteiger partial charge on any atom is -0.462 e. The third kappa shape index (κ3) is 3.50. The Bertz CT molecular complexity index is 893. The van der Waals surface area contributed by atoms with Crippen molar-refractivity contribution in [1.82, 2.24) is 9.97 Å². The van der Waals surface area contributed by atoms with Crippen LogP contribution in [0.15, 0.2) is 48.8 Å². The quantitative estimate of drug-likeness (QED) is 0.682. The van der Waals surface area contributed by atoms with Gasteiger partial charge in [0, 0.05) is 23.9 Å². The number of nitrogens with zero attached hydrogens (tertiary/aromatic N) is 2. The normalized spacial score (nSPS) is 33.9. The Morgan fingerprint density at radius 2 is 2.00 bits per heavy atom. The Morgan fingerprint density at radius 1 is 1.10 bits per heavy atom. The zero-order valence-electron chi connectivity index (χ0n) is 16.9. The summed E-state index contributed by atoms with van der Waals surface area (Å²) in [5.74, 6) is 2.16. The van der Waals surface area contributed by atoms with E-state index >= 15 is 0 Å². The number of fused-ring (bicyclic) bond motifs is 2. The van der Waals surface area contributed by atoms with Gasteiger partial charge >= 0.3 is 5.97 Å². The number of pyridine rings is 2. The number of carbonyl (C=O) groups is 1. The van der Waals surface area contributed by atoms with Gasteiger partial charge in [-0.3, -0.25) is 14.8 Å². The molecule has 150 valence electrons. The van der Waals surface area contributed by atoms with Gasteiger partial charge < -0.3 is 4.74 Å². The van der Waals surface area contributed by atoms with Crippen molar-refractivity contribution >= 4 is 12.0 Å². The van der Waals surface area contributed by atoms with Gasteiger partial charge in [-0.25, -0.2) is 0 Å². The lowest BCUT2D eigenvalue weighted by atomic mass is 9.57. The molecular weight excluding hydrogens is 360 g/mol. The number of aromatic nitrogens is 2. The highest BCUT2D eigenvalue weighted by molar-refractivity contribution is 5.75. The Balaban J connectivity index is 1.39. The van der Waals surface area contributed by atoms with Crippen LogP contribution < -0.4 is 0 Å². The van der Waals surface area contributed by atoms with Gasteiger partial charge in [-0.2, -0.15) is 0 Å². The van der Waals surface area contributed by atoms with Gasteiger partial charge in [-0.15, -0.1) is 0 Å². The SMILES string of the molecule is C[C@H]1OC(=O)[C@@H]2C[C@@H]3CCCCC3[C@H](/C=C/c3ccc(-c4ccccn4)cn3)[C@H]12. The fourth-order valence-electron chi connectivity index (χ4n) is 5.98. The van der Waals surface area contributed by atoms with E-state index in [0.717, 1.165) is 23.4 Å². The monoisotopic (exact) mass is 388 g/mol. The summed E-state index contributed by atoms with van der Waals surface area (Å²) in [7, 11) is 0. The third-order valence-corrected chi connectivity index (χ3v) is 7.31. The van der Waals surface area contributed by atoms with Crippen LogP contribution in [-0.2, 0) is 9.53 Å². The largest absolute Gasteiger partial charge is 0.462 e. The van der Waals surface area contributed by atoms with Gasteiger partial charge in [-0.05, 0) is 67.9 Å². The van der Waals surface area contributed by atoms with Crippen molar-refractivity contribution in [2.24, 2.45) is 29.6 Å². The van der Waals surface area contributed by atoms with Gasteiger partial charge in [0.1, 0.15) is 6.10 Å². The zero-order chi connectivity index (χ0) is 19.8. The predicted octanol–water partition coefficient (Wildman–Crippen LogP) is 5.16. The van der Waals surface area contributed by atoms with Crippen LogP contribution in [-0.4, -0.2) is 22.0 Å². The molecule has 5 rings (SSSR count). The molecule has 3 heterocycles. The van der Waals surface area contributed by atoms with Crippen LogP contribution in [0.3, 0.4) is 0 Å². The lowest BCUT2D eigenvalue weighted by Crippen LogP contribution is -2.42. The second-order valence-corrected chi connectivity index (χ2v) is 8.89. The molecule has 1 aliphatic heterocycles. The maximum absolute atomic E-state index is 12.4. The number of hydrogen-bond acceptors (Lipinski definition) is 4. The molecule has 4 nitrogen and oxygen atoms in total. The van der Waals surface area contributed by atoms with Gasteiger partial charge in [-0.1, -0.05) is 31.4 Å². The number of rotatable bonds is 3. The molecule has 2 aromatic heterocycles. The molecule has 1 unspecified atom stereocenters. The maximum Gasteiger partial charge on any atom is 0.309 e. The fourth-order valence-corrected chi connectivity index (χ4v) is 5.98.